The van der Waals surface area contributed by atoms with Crippen LogP contribution in [0.2, 0.25) is 0 Å². The third-order valence-electron chi connectivity index (χ3n) is 2.90. The number of hydrogen-bond donors (Lipinski definition) is 0. The predicted octanol–water partition coefficient (Wildman–Crippen LogP) is 3.39. The normalized spacial score (nSPS) is 10.0. The van der Waals surface area contributed by atoms with E-state index >= 15 is 0 Å². The number of rotatable bonds is 7. The van der Waals surface area contributed by atoms with Gasteiger partial charge in [-0.1, -0.05) is 46.3 Å². The van der Waals surface area contributed by atoms with Gasteiger partial charge in [0.15, 0.2) is 12.4 Å². The van der Waals surface area contributed by atoms with Crippen LogP contribution in [-0.4, -0.2) is 23.7 Å². The molecule has 0 aliphatic carbocycles. The second-order valence-corrected chi connectivity index (χ2v) is 5.08. The Morgan fingerprint density at radius 3 is 2.27 bits per heavy atom. The molecule has 0 atom stereocenters. The molecule has 4 nitrogen and oxygen atoms in total. The van der Waals surface area contributed by atoms with Crippen molar-refractivity contribution in [3.8, 4) is 5.75 Å². The molecule has 2 aromatic carbocycles. The van der Waals surface area contributed by atoms with Gasteiger partial charge < -0.3 is 9.47 Å². The van der Waals surface area contributed by atoms with Crippen LogP contribution in [0.4, 0.5) is 0 Å². The minimum Gasteiger partial charge on any atom is -0.482 e. The molecule has 0 aromatic heterocycles. The highest BCUT2D eigenvalue weighted by Crippen LogP contribution is 2.13. The molecule has 2 rings (SSSR count). The third-order valence-corrected chi connectivity index (χ3v) is 3.41. The number of hydrogen-bond acceptors (Lipinski definition) is 4. The second kappa shape index (κ2) is 8.34. The van der Waals surface area contributed by atoms with Crippen LogP contribution in [0.3, 0.4) is 0 Å². The smallest absolute Gasteiger partial charge is 0.344 e. The maximum Gasteiger partial charge on any atom is 0.344 e. The van der Waals surface area contributed by atoms with Gasteiger partial charge >= 0.3 is 5.97 Å². The van der Waals surface area contributed by atoms with Crippen molar-refractivity contribution in [3.05, 3.63) is 65.7 Å². The highest BCUT2D eigenvalue weighted by Gasteiger charge is 2.07. The quantitative estimate of drug-likeness (QED) is 0.430. The van der Waals surface area contributed by atoms with Crippen molar-refractivity contribution >= 4 is 27.7 Å². The van der Waals surface area contributed by atoms with Crippen molar-refractivity contribution in [1.82, 2.24) is 0 Å². The van der Waals surface area contributed by atoms with E-state index in [-0.39, 0.29) is 24.3 Å². The van der Waals surface area contributed by atoms with Crippen LogP contribution in [0.5, 0.6) is 5.75 Å². The van der Waals surface area contributed by atoms with E-state index in [0.717, 1.165) is 5.56 Å². The highest BCUT2D eigenvalue weighted by atomic mass is 79.9. The summed E-state index contributed by atoms with van der Waals surface area (Å²) >= 11 is 3.11. The molecule has 0 aliphatic heterocycles. The largest absolute Gasteiger partial charge is 0.482 e. The molecule has 0 spiro atoms. The molecule has 0 radical (unpaired) electrons. The fourth-order valence-electron chi connectivity index (χ4n) is 1.74. The summed E-state index contributed by atoms with van der Waals surface area (Å²) < 4.78 is 10.4. The zero-order valence-electron chi connectivity index (χ0n) is 11.8. The predicted molar refractivity (Wildman–Crippen MR) is 86.3 cm³/mol. The molecule has 0 fully saturated rings. The number of Topliss-reactive ketones (excluding diaryl/α,β-unsaturated/α-hetero) is 1. The molecule has 0 heterocycles. The molecule has 114 valence electrons. The lowest BCUT2D eigenvalue weighted by atomic mass is 10.1. The van der Waals surface area contributed by atoms with Crippen molar-refractivity contribution in [1.29, 1.82) is 0 Å². The molecule has 0 N–H and O–H groups in total. The number of carbonyl (C=O) groups excluding carboxylic acids is 2. The van der Waals surface area contributed by atoms with Crippen LogP contribution in [-0.2, 0) is 16.1 Å². The molecule has 0 bridgehead atoms. The van der Waals surface area contributed by atoms with Gasteiger partial charge in [-0.05, 0) is 29.8 Å². The van der Waals surface area contributed by atoms with Crippen LogP contribution in [0, 0.1) is 0 Å². The second-order valence-electron chi connectivity index (χ2n) is 4.52. The fraction of sp³-hybridized carbons (Fsp3) is 0.176. The standard InChI is InChI=1S/C17H15BrO4/c18-10-16(19)14-6-8-15(9-7-14)21-12-17(20)22-11-13-4-2-1-3-5-13/h1-9H,10-12H2. The summed E-state index contributed by atoms with van der Waals surface area (Å²) in [6.45, 7) is 0.0558. The molecule has 5 heteroatoms. The van der Waals surface area contributed by atoms with Crippen LogP contribution in [0.15, 0.2) is 54.6 Å². The Morgan fingerprint density at radius 2 is 1.64 bits per heavy atom. The number of carbonyl (C=O) groups is 2. The molecule has 0 amide bonds. The Labute approximate surface area is 137 Å². The van der Waals surface area contributed by atoms with Gasteiger partial charge in [0.05, 0.1) is 5.33 Å². The lowest BCUT2D eigenvalue weighted by Gasteiger charge is -2.07. The van der Waals surface area contributed by atoms with Gasteiger partial charge in [-0.25, -0.2) is 4.79 Å². The van der Waals surface area contributed by atoms with E-state index in [0.29, 0.717) is 11.3 Å². The zero-order chi connectivity index (χ0) is 15.8. The lowest BCUT2D eigenvalue weighted by molar-refractivity contribution is -0.147. The Hall–Kier alpha value is -2.14. The van der Waals surface area contributed by atoms with Crippen molar-refractivity contribution < 1.29 is 19.1 Å². The first-order chi connectivity index (χ1) is 10.7. The first-order valence-electron chi connectivity index (χ1n) is 6.70. The van der Waals surface area contributed by atoms with E-state index in [2.05, 4.69) is 15.9 Å². The summed E-state index contributed by atoms with van der Waals surface area (Å²) in [7, 11) is 0. The summed E-state index contributed by atoms with van der Waals surface area (Å²) in [4.78, 5) is 23.1. The summed E-state index contributed by atoms with van der Waals surface area (Å²) in [5, 5.41) is 0.277. The maximum absolute atomic E-state index is 11.6. The van der Waals surface area contributed by atoms with Gasteiger partial charge in [0.25, 0.3) is 0 Å². The van der Waals surface area contributed by atoms with E-state index in [1.165, 1.54) is 0 Å². The van der Waals surface area contributed by atoms with Crippen molar-refractivity contribution in [2.75, 3.05) is 11.9 Å². The number of halogens is 1. The number of ketones is 1. The molecule has 0 unspecified atom stereocenters. The molecular formula is C17H15BrO4. The van der Waals surface area contributed by atoms with Crippen molar-refractivity contribution in [2.45, 2.75) is 6.61 Å². The zero-order valence-corrected chi connectivity index (χ0v) is 13.4. The van der Waals surface area contributed by atoms with Gasteiger partial charge in [-0.2, -0.15) is 0 Å². The fourth-order valence-corrected chi connectivity index (χ4v) is 2.06. The molecule has 0 saturated carbocycles. The van der Waals surface area contributed by atoms with Gasteiger partial charge in [-0.15, -0.1) is 0 Å². The van der Waals surface area contributed by atoms with Gasteiger partial charge in [0.1, 0.15) is 12.4 Å². The van der Waals surface area contributed by atoms with E-state index in [9.17, 15) is 9.59 Å². The van der Waals surface area contributed by atoms with E-state index in [4.69, 9.17) is 9.47 Å². The minimum atomic E-state index is -0.440. The monoisotopic (exact) mass is 362 g/mol. The van der Waals surface area contributed by atoms with Gasteiger partial charge in [-0.3, -0.25) is 4.79 Å². The van der Waals surface area contributed by atoms with E-state index in [1.807, 2.05) is 30.3 Å². The Bertz CT molecular complexity index is 623. The number of esters is 1. The molecular weight excluding hydrogens is 348 g/mol. The van der Waals surface area contributed by atoms with E-state index < -0.39 is 5.97 Å². The minimum absolute atomic E-state index is 0.00572. The maximum atomic E-state index is 11.6. The average molecular weight is 363 g/mol. The van der Waals surface area contributed by atoms with Crippen LogP contribution >= 0.6 is 15.9 Å². The van der Waals surface area contributed by atoms with E-state index in [1.54, 1.807) is 24.3 Å². The topological polar surface area (TPSA) is 52.6 Å². The summed E-state index contributed by atoms with van der Waals surface area (Å²) in [6, 6.07) is 16.1. The number of benzene rings is 2. The third kappa shape index (κ3) is 5.00. The van der Waals surface area contributed by atoms with Gasteiger partial charge in [0, 0.05) is 5.56 Å². The highest BCUT2D eigenvalue weighted by molar-refractivity contribution is 9.09. The summed E-state index contributed by atoms with van der Waals surface area (Å²) in [6.07, 6.45) is 0. The lowest BCUT2D eigenvalue weighted by Crippen LogP contribution is -2.14. The average Bonchev–Trinajstić information content (AvgIpc) is 2.58. The number of ether oxygens (including phenoxy) is 2. The van der Waals surface area contributed by atoms with Crippen LogP contribution in [0.1, 0.15) is 15.9 Å². The van der Waals surface area contributed by atoms with Crippen LogP contribution in [0.25, 0.3) is 0 Å². The Morgan fingerprint density at radius 1 is 0.955 bits per heavy atom. The molecule has 0 aliphatic rings. The SMILES string of the molecule is O=C(COc1ccc(C(=O)CBr)cc1)OCc1ccccc1. The first-order valence-corrected chi connectivity index (χ1v) is 7.83. The van der Waals surface area contributed by atoms with Crippen molar-refractivity contribution in [3.63, 3.8) is 0 Å². The van der Waals surface area contributed by atoms with Crippen LogP contribution < -0.4 is 4.74 Å². The molecule has 0 saturated heterocycles. The molecule has 2 aromatic rings. The molecule has 22 heavy (non-hydrogen) atoms. The van der Waals surface area contributed by atoms with Gasteiger partial charge in [0.2, 0.25) is 0 Å². The van der Waals surface area contributed by atoms with Crippen molar-refractivity contribution in [2.24, 2.45) is 0 Å². The Balaban J connectivity index is 1.77. The summed E-state index contributed by atoms with van der Waals surface area (Å²) in [5.74, 6) is 0.0704. The number of alkyl halides is 1. The summed E-state index contributed by atoms with van der Waals surface area (Å²) in [5.41, 5.74) is 1.52. The Kier molecular flexibility index (Phi) is 6.15. The first kappa shape index (κ1) is 16.2.